The van der Waals surface area contributed by atoms with Crippen LogP contribution < -0.4 is 0 Å². The van der Waals surface area contributed by atoms with Crippen molar-refractivity contribution in [2.75, 3.05) is 0 Å². The van der Waals surface area contributed by atoms with E-state index >= 15 is 0 Å². The zero-order valence-corrected chi connectivity index (χ0v) is 10.5. The zero-order chi connectivity index (χ0) is 11.7. The van der Waals surface area contributed by atoms with Gasteiger partial charge in [-0.15, -0.1) is 11.3 Å². The molecule has 1 N–H and O–H groups in total. The van der Waals surface area contributed by atoms with Gasteiger partial charge in [0.05, 0.1) is 27.9 Å². The molecule has 0 saturated heterocycles. The molecule has 2 rings (SSSR count). The normalized spacial score (nSPS) is 13.0. The number of thiazole rings is 1. The van der Waals surface area contributed by atoms with Crippen molar-refractivity contribution in [3.63, 3.8) is 0 Å². The van der Waals surface area contributed by atoms with Gasteiger partial charge in [0, 0.05) is 19.2 Å². The summed E-state index contributed by atoms with van der Waals surface area (Å²) in [6.07, 6.45) is 0.0997. The minimum atomic E-state index is -0.484. The van der Waals surface area contributed by atoms with E-state index in [-0.39, 0.29) is 0 Å². The maximum atomic E-state index is 10.1. The van der Waals surface area contributed by atoms with Crippen molar-refractivity contribution in [1.29, 1.82) is 0 Å². The Bertz CT molecular complexity index is 489. The van der Waals surface area contributed by atoms with Crippen LogP contribution in [0.25, 0.3) is 0 Å². The summed E-state index contributed by atoms with van der Waals surface area (Å²) < 4.78 is 1.81. The third kappa shape index (κ3) is 2.15. The summed E-state index contributed by atoms with van der Waals surface area (Å²) in [5.74, 6) is 0. The van der Waals surface area contributed by atoms with E-state index in [0.717, 1.165) is 22.0 Å². The van der Waals surface area contributed by atoms with Gasteiger partial charge in [0.15, 0.2) is 0 Å². The lowest BCUT2D eigenvalue weighted by molar-refractivity contribution is 0.178. The van der Waals surface area contributed by atoms with E-state index in [1.54, 1.807) is 5.51 Å². The van der Waals surface area contributed by atoms with E-state index < -0.39 is 6.10 Å². The minimum Gasteiger partial charge on any atom is -0.387 e. The molecule has 86 valence electrons. The van der Waals surface area contributed by atoms with Gasteiger partial charge >= 0.3 is 0 Å². The summed E-state index contributed by atoms with van der Waals surface area (Å²) in [7, 11) is 1.90. The number of hydrogen-bond acceptors (Lipinski definition) is 4. The molecule has 16 heavy (non-hydrogen) atoms. The molecule has 5 heteroatoms. The number of aryl methyl sites for hydroxylation is 3. The Hall–Kier alpha value is -1.20. The summed E-state index contributed by atoms with van der Waals surface area (Å²) in [5, 5.41) is 14.4. The average molecular weight is 237 g/mol. The molecule has 1 atom stereocenters. The third-order valence-corrected chi connectivity index (χ3v) is 3.62. The van der Waals surface area contributed by atoms with Gasteiger partial charge in [0.25, 0.3) is 0 Å². The summed E-state index contributed by atoms with van der Waals surface area (Å²) >= 11 is 1.50. The number of aromatic nitrogens is 3. The van der Waals surface area contributed by atoms with Gasteiger partial charge < -0.3 is 5.11 Å². The Labute approximate surface area is 98.6 Å². The molecule has 0 radical (unpaired) electrons. The smallest absolute Gasteiger partial charge is 0.0955 e. The van der Waals surface area contributed by atoms with Crippen molar-refractivity contribution in [1.82, 2.24) is 14.8 Å². The molecule has 2 aromatic heterocycles. The van der Waals surface area contributed by atoms with Crippen LogP contribution in [0.4, 0.5) is 0 Å². The minimum absolute atomic E-state index is 0.484. The van der Waals surface area contributed by atoms with E-state index in [1.165, 1.54) is 11.3 Å². The highest BCUT2D eigenvalue weighted by Crippen LogP contribution is 2.24. The Morgan fingerprint density at radius 1 is 1.50 bits per heavy atom. The second-order valence-corrected chi connectivity index (χ2v) is 4.81. The van der Waals surface area contributed by atoms with Crippen LogP contribution in [0.5, 0.6) is 0 Å². The van der Waals surface area contributed by atoms with Gasteiger partial charge in [-0.05, 0) is 19.9 Å². The van der Waals surface area contributed by atoms with Crippen molar-refractivity contribution in [2.24, 2.45) is 7.05 Å². The lowest BCUT2D eigenvalue weighted by Gasteiger charge is -2.09. The first-order chi connectivity index (χ1) is 7.58. The fraction of sp³-hybridized carbons (Fsp3) is 0.455. The lowest BCUT2D eigenvalue weighted by Crippen LogP contribution is -2.06. The summed E-state index contributed by atoms with van der Waals surface area (Å²) in [6, 6.07) is 2.00. The Kier molecular flexibility index (Phi) is 3.07. The van der Waals surface area contributed by atoms with Gasteiger partial charge in [-0.3, -0.25) is 4.68 Å². The molecule has 0 aliphatic heterocycles. The zero-order valence-electron chi connectivity index (χ0n) is 9.64. The highest BCUT2D eigenvalue weighted by molar-refractivity contribution is 7.09. The molecule has 0 saturated carbocycles. The second kappa shape index (κ2) is 4.35. The van der Waals surface area contributed by atoms with Crippen molar-refractivity contribution >= 4 is 11.3 Å². The largest absolute Gasteiger partial charge is 0.387 e. The van der Waals surface area contributed by atoms with Crippen molar-refractivity contribution in [2.45, 2.75) is 26.4 Å². The second-order valence-electron chi connectivity index (χ2n) is 3.92. The molecule has 0 fully saturated rings. The molecule has 0 spiro atoms. The maximum absolute atomic E-state index is 10.1. The lowest BCUT2D eigenvalue weighted by atomic mass is 10.1. The Morgan fingerprint density at radius 3 is 2.75 bits per heavy atom. The molecular formula is C11H15N3OS. The SMILES string of the molecule is Cc1cc(CC(O)c2scnc2C)n(C)n1. The quantitative estimate of drug-likeness (QED) is 0.885. The fourth-order valence-electron chi connectivity index (χ4n) is 1.78. The van der Waals surface area contributed by atoms with E-state index in [9.17, 15) is 5.11 Å². The van der Waals surface area contributed by atoms with Gasteiger partial charge in [-0.25, -0.2) is 4.98 Å². The number of aliphatic hydroxyl groups is 1. The Balaban J connectivity index is 2.16. The van der Waals surface area contributed by atoms with Crippen LogP contribution in [0.15, 0.2) is 11.6 Å². The van der Waals surface area contributed by atoms with Gasteiger partial charge in [-0.1, -0.05) is 0 Å². The number of nitrogens with zero attached hydrogens (tertiary/aromatic N) is 3. The van der Waals surface area contributed by atoms with Gasteiger partial charge in [0.2, 0.25) is 0 Å². The van der Waals surface area contributed by atoms with Crippen LogP contribution in [-0.2, 0) is 13.5 Å². The fourth-order valence-corrected chi connectivity index (χ4v) is 2.56. The molecule has 1 unspecified atom stereocenters. The van der Waals surface area contributed by atoms with E-state index in [0.29, 0.717) is 6.42 Å². The molecule has 0 aliphatic carbocycles. The first-order valence-corrected chi connectivity index (χ1v) is 6.03. The summed E-state index contributed by atoms with van der Waals surface area (Å²) in [5.41, 5.74) is 4.70. The predicted octanol–water partition coefficient (Wildman–Crippen LogP) is 1.77. The van der Waals surface area contributed by atoms with E-state index in [1.807, 2.05) is 31.6 Å². The van der Waals surface area contributed by atoms with Gasteiger partial charge in [0.1, 0.15) is 0 Å². The monoisotopic (exact) mass is 237 g/mol. The van der Waals surface area contributed by atoms with Crippen LogP contribution in [0.3, 0.4) is 0 Å². The maximum Gasteiger partial charge on any atom is 0.0955 e. The van der Waals surface area contributed by atoms with Crippen LogP contribution in [0, 0.1) is 13.8 Å². The molecule has 2 heterocycles. The summed E-state index contributed by atoms with van der Waals surface area (Å²) in [4.78, 5) is 5.09. The highest BCUT2D eigenvalue weighted by Gasteiger charge is 2.15. The first-order valence-electron chi connectivity index (χ1n) is 5.15. The van der Waals surface area contributed by atoms with Crippen LogP contribution in [0.2, 0.25) is 0 Å². The standard InChI is InChI=1S/C11H15N3OS/c1-7-4-9(14(3)13-7)5-10(15)11-8(2)12-6-16-11/h4,6,10,15H,5H2,1-3H3. The topological polar surface area (TPSA) is 50.9 Å². The molecule has 2 aromatic rings. The predicted molar refractivity (Wildman–Crippen MR) is 63.5 cm³/mol. The van der Waals surface area contributed by atoms with E-state index in [4.69, 9.17) is 0 Å². The Morgan fingerprint density at radius 2 is 2.25 bits per heavy atom. The first kappa shape index (κ1) is 11.3. The summed E-state index contributed by atoms with van der Waals surface area (Å²) in [6.45, 7) is 3.87. The number of aliphatic hydroxyl groups excluding tert-OH is 1. The number of rotatable bonds is 3. The molecule has 4 nitrogen and oxygen atoms in total. The van der Waals surface area contributed by atoms with Crippen molar-refractivity contribution in [3.8, 4) is 0 Å². The van der Waals surface area contributed by atoms with Crippen molar-refractivity contribution in [3.05, 3.63) is 33.5 Å². The number of hydrogen-bond donors (Lipinski definition) is 1. The third-order valence-electron chi connectivity index (χ3n) is 2.59. The van der Waals surface area contributed by atoms with Crippen LogP contribution in [-0.4, -0.2) is 19.9 Å². The van der Waals surface area contributed by atoms with Crippen LogP contribution >= 0.6 is 11.3 Å². The van der Waals surface area contributed by atoms with Gasteiger partial charge in [-0.2, -0.15) is 5.10 Å². The molecular weight excluding hydrogens is 222 g/mol. The molecule has 0 aromatic carbocycles. The molecule has 0 aliphatic rings. The highest BCUT2D eigenvalue weighted by atomic mass is 32.1. The van der Waals surface area contributed by atoms with Crippen molar-refractivity contribution < 1.29 is 5.11 Å². The molecule has 0 amide bonds. The van der Waals surface area contributed by atoms with E-state index in [2.05, 4.69) is 10.1 Å². The average Bonchev–Trinajstić information content (AvgIpc) is 2.74. The van der Waals surface area contributed by atoms with Crippen LogP contribution in [0.1, 0.15) is 28.1 Å². The molecule has 0 bridgehead atoms.